The van der Waals surface area contributed by atoms with Gasteiger partial charge in [-0.25, -0.2) is 0 Å². The van der Waals surface area contributed by atoms with Crippen LogP contribution < -0.4 is 0 Å². The molecular weight excluding hydrogens is 362 g/mol. The molecule has 4 rings (SSSR count). The Hall–Kier alpha value is -1.65. The number of ether oxygens (including phenoxy) is 1. The highest BCUT2D eigenvalue weighted by molar-refractivity contribution is 6.33. The molecule has 0 aliphatic heterocycles. The molecule has 4 nitrogen and oxygen atoms in total. The second-order valence-electron chi connectivity index (χ2n) is 8.13. The molecular formula is C22H26ClNO3. The van der Waals surface area contributed by atoms with Crippen LogP contribution in [0.1, 0.15) is 68.3 Å². The molecule has 0 unspecified atom stereocenters. The van der Waals surface area contributed by atoms with Crippen LogP contribution in [0.5, 0.6) is 0 Å². The van der Waals surface area contributed by atoms with Gasteiger partial charge in [-0.2, -0.15) is 0 Å². The van der Waals surface area contributed by atoms with Crippen molar-refractivity contribution in [3.63, 3.8) is 0 Å². The largest absolute Gasteiger partial charge is 0.377 e. The Labute approximate surface area is 165 Å². The lowest BCUT2D eigenvalue weighted by Gasteiger charge is -2.39. The van der Waals surface area contributed by atoms with Crippen LogP contribution in [0.15, 0.2) is 22.7 Å². The molecule has 0 atom stereocenters. The van der Waals surface area contributed by atoms with Crippen molar-refractivity contribution in [1.29, 1.82) is 0 Å². The average molecular weight is 388 g/mol. The number of ketones is 1. The third-order valence-electron chi connectivity index (χ3n) is 6.14. The van der Waals surface area contributed by atoms with Crippen molar-refractivity contribution in [2.24, 2.45) is 5.41 Å². The van der Waals surface area contributed by atoms with Gasteiger partial charge in [-0.05, 0) is 49.7 Å². The van der Waals surface area contributed by atoms with Crippen molar-refractivity contribution in [3.05, 3.63) is 40.1 Å². The van der Waals surface area contributed by atoms with Gasteiger partial charge < -0.3 is 9.26 Å². The maximum atomic E-state index is 11.4. The highest BCUT2D eigenvalue weighted by Gasteiger charge is 2.41. The van der Waals surface area contributed by atoms with Crippen molar-refractivity contribution in [3.8, 4) is 11.3 Å². The van der Waals surface area contributed by atoms with E-state index >= 15 is 0 Å². The zero-order valence-corrected chi connectivity index (χ0v) is 16.8. The molecule has 0 N–H and O–H groups in total. The molecule has 0 bridgehead atoms. The number of Topliss-reactive ketones (excluding diaryl/α,β-unsaturated/α-hetero) is 1. The van der Waals surface area contributed by atoms with Crippen molar-refractivity contribution in [1.82, 2.24) is 5.16 Å². The Balaban J connectivity index is 1.50. The molecule has 144 valence electrons. The molecule has 0 spiro atoms. The number of hydrogen-bond acceptors (Lipinski definition) is 4. The molecule has 0 radical (unpaired) electrons. The number of rotatable bonds is 8. The van der Waals surface area contributed by atoms with Gasteiger partial charge in [-0.1, -0.05) is 35.8 Å². The fraction of sp³-hybridized carbons (Fsp3) is 0.545. The molecule has 0 saturated heterocycles. The van der Waals surface area contributed by atoms with Crippen LogP contribution in [0, 0.1) is 12.3 Å². The molecule has 2 aliphatic carbocycles. The first-order chi connectivity index (χ1) is 13.0. The van der Waals surface area contributed by atoms with Crippen LogP contribution in [0.25, 0.3) is 11.3 Å². The van der Waals surface area contributed by atoms with E-state index in [0.717, 1.165) is 53.8 Å². The van der Waals surface area contributed by atoms with E-state index in [1.807, 2.05) is 25.1 Å². The van der Waals surface area contributed by atoms with Crippen molar-refractivity contribution >= 4 is 17.4 Å². The van der Waals surface area contributed by atoms with E-state index < -0.39 is 0 Å². The summed E-state index contributed by atoms with van der Waals surface area (Å²) in [5, 5.41) is 5.05. The predicted octanol–water partition coefficient (Wildman–Crippen LogP) is 5.85. The second kappa shape index (κ2) is 7.40. The maximum Gasteiger partial charge on any atom is 0.145 e. The predicted molar refractivity (Wildman–Crippen MR) is 105 cm³/mol. The average Bonchev–Trinajstić information content (AvgIpc) is 3.38. The van der Waals surface area contributed by atoms with Crippen molar-refractivity contribution in [2.75, 3.05) is 6.61 Å². The van der Waals surface area contributed by atoms with Crippen LogP contribution in [0.2, 0.25) is 5.02 Å². The molecule has 5 heteroatoms. The maximum absolute atomic E-state index is 11.4. The Morgan fingerprint density at radius 3 is 2.74 bits per heavy atom. The third kappa shape index (κ3) is 3.70. The van der Waals surface area contributed by atoms with E-state index in [2.05, 4.69) is 12.1 Å². The number of hydrogen-bond donors (Lipinski definition) is 0. The number of carbonyl (C=O) groups excluding carboxylic acids is 1. The van der Waals surface area contributed by atoms with E-state index in [-0.39, 0.29) is 5.41 Å². The van der Waals surface area contributed by atoms with Crippen molar-refractivity contribution < 1.29 is 14.1 Å². The van der Waals surface area contributed by atoms with Gasteiger partial charge in [0.15, 0.2) is 0 Å². The summed E-state index contributed by atoms with van der Waals surface area (Å²) in [4.78, 5) is 11.4. The summed E-state index contributed by atoms with van der Waals surface area (Å²) in [6.45, 7) is 5.33. The minimum atomic E-state index is 0.160. The van der Waals surface area contributed by atoms with E-state index in [1.165, 1.54) is 0 Å². The standard InChI is InChI=1S/C22H26ClNO3/c1-3-22(11-16(25)12-22)9-10-26-13-17-20(24-27-21(17)15-7-8-15)19-14(2)5-4-6-18(19)23/h4-6,15H,3,7-13H2,1-2H3. The molecule has 2 aliphatic rings. The van der Waals surface area contributed by atoms with Crippen LogP contribution in [-0.4, -0.2) is 17.5 Å². The topological polar surface area (TPSA) is 52.3 Å². The molecule has 2 saturated carbocycles. The van der Waals surface area contributed by atoms with Crippen LogP contribution in [0.3, 0.4) is 0 Å². The Kier molecular flexibility index (Phi) is 5.13. The van der Waals surface area contributed by atoms with Gasteiger partial charge in [0.25, 0.3) is 0 Å². The van der Waals surface area contributed by atoms with Gasteiger partial charge in [-0.3, -0.25) is 4.79 Å². The summed E-state index contributed by atoms with van der Waals surface area (Å²) in [5.41, 5.74) is 4.01. The lowest BCUT2D eigenvalue weighted by atomic mass is 9.64. The highest BCUT2D eigenvalue weighted by Crippen LogP contribution is 2.46. The molecule has 1 aromatic carbocycles. The van der Waals surface area contributed by atoms with Gasteiger partial charge in [0.2, 0.25) is 0 Å². The molecule has 27 heavy (non-hydrogen) atoms. The second-order valence-corrected chi connectivity index (χ2v) is 8.54. The smallest absolute Gasteiger partial charge is 0.145 e. The van der Waals surface area contributed by atoms with Crippen LogP contribution >= 0.6 is 11.6 Å². The van der Waals surface area contributed by atoms with Gasteiger partial charge in [0.05, 0.1) is 11.6 Å². The fourth-order valence-electron chi connectivity index (χ4n) is 4.11. The molecule has 2 fully saturated rings. The SMILES string of the molecule is CCC1(CCOCc2c(-c3c(C)cccc3Cl)noc2C2CC2)CC(=O)C1. The van der Waals surface area contributed by atoms with Gasteiger partial charge >= 0.3 is 0 Å². The molecule has 2 aromatic rings. The number of carbonyl (C=O) groups is 1. The van der Waals surface area contributed by atoms with Gasteiger partial charge in [0, 0.05) is 36.5 Å². The summed E-state index contributed by atoms with van der Waals surface area (Å²) in [6, 6.07) is 5.87. The number of benzene rings is 1. The van der Waals surface area contributed by atoms with Crippen molar-refractivity contribution in [2.45, 2.75) is 64.9 Å². The van der Waals surface area contributed by atoms with Crippen LogP contribution in [0.4, 0.5) is 0 Å². The summed E-state index contributed by atoms with van der Waals surface area (Å²) in [7, 11) is 0. The van der Waals surface area contributed by atoms with E-state index in [1.54, 1.807) is 0 Å². The molecule has 1 heterocycles. The lowest BCUT2D eigenvalue weighted by Crippen LogP contribution is -2.37. The zero-order chi connectivity index (χ0) is 19.0. The van der Waals surface area contributed by atoms with Gasteiger partial charge in [-0.15, -0.1) is 0 Å². The number of aryl methyl sites for hydroxylation is 1. The van der Waals surface area contributed by atoms with Crippen LogP contribution in [-0.2, 0) is 16.1 Å². The Morgan fingerprint density at radius 1 is 1.33 bits per heavy atom. The first-order valence-electron chi connectivity index (χ1n) is 9.86. The first-order valence-corrected chi connectivity index (χ1v) is 10.2. The molecule has 1 aromatic heterocycles. The van der Waals surface area contributed by atoms with E-state index in [4.69, 9.17) is 20.9 Å². The monoisotopic (exact) mass is 387 g/mol. The zero-order valence-electron chi connectivity index (χ0n) is 16.0. The quantitative estimate of drug-likeness (QED) is 0.533. The third-order valence-corrected chi connectivity index (χ3v) is 6.46. The summed E-state index contributed by atoms with van der Waals surface area (Å²) in [6.07, 6.45) is 5.66. The number of halogens is 1. The first kappa shape index (κ1) is 18.7. The summed E-state index contributed by atoms with van der Waals surface area (Å²) in [5.74, 6) is 1.79. The number of aromatic nitrogens is 1. The normalized spacial score (nSPS) is 18.6. The Morgan fingerprint density at radius 2 is 2.11 bits per heavy atom. The lowest BCUT2D eigenvalue weighted by molar-refractivity contribution is -0.134. The van der Waals surface area contributed by atoms with Gasteiger partial charge in [0.1, 0.15) is 17.2 Å². The summed E-state index contributed by atoms with van der Waals surface area (Å²) >= 11 is 6.47. The number of nitrogens with zero attached hydrogens (tertiary/aromatic N) is 1. The molecule has 0 amide bonds. The highest BCUT2D eigenvalue weighted by atomic mass is 35.5. The van der Waals surface area contributed by atoms with E-state index in [9.17, 15) is 4.79 Å². The summed E-state index contributed by atoms with van der Waals surface area (Å²) < 4.78 is 11.8. The van der Waals surface area contributed by atoms with E-state index in [0.29, 0.717) is 42.8 Å². The minimum Gasteiger partial charge on any atom is -0.377 e. The minimum absolute atomic E-state index is 0.160. The fourth-order valence-corrected chi connectivity index (χ4v) is 4.42. The Bertz CT molecular complexity index is 825.